The van der Waals surface area contributed by atoms with Gasteiger partial charge in [-0.3, -0.25) is 14.7 Å². The van der Waals surface area contributed by atoms with E-state index in [0.717, 1.165) is 45.4 Å². The third kappa shape index (κ3) is 4.87. The lowest BCUT2D eigenvalue weighted by molar-refractivity contribution is -0.142. The number of aryl methyl sites for hydroxylation is 1. The number of nitrogens with one attached hydrogen (secondary N) is 1. The highest BCUT2D eigenvalue weighted by molar-refractivity contribution is 5.77. The van der Waals surface area contributed by atoms with E-state index in [1.807, 2.05) is 80.8 Å². The smallest absolute Gasteiger partial charge is 0.307 e. The van der Waals surface area contributed by atoms with Crippen LogP contribution >= 0.6 is 0 Å². The van der Waals surface area contributed by atoms with Crippen molar-refractivity contribution in [2.45, 2.75) is 25.9 Å². The molecule has 0 amide bonds. The van der Waals surface area contributed by atoms with Crippen LogP contribution in [0.3, 0.4) is 0 Å². The van der Waals surface area contributed by atoms with Crippen LogP contribution in [0.15, 0.2) is 73.2 Å². The van der Waals surface area contributed by atoms with Crippen LogP contribution in [0.25, 0.3) is 28.3 Å². The molecule has 0 unspecified atom stereocenters. The Kier molecular flexibility index (Phi) is 6.55. The standard InChI is InChI=1S/C27H27N7O2/c1-18-8-7-11-21(30-18)27-26(20-12-13-24-28-17-29-34(24)15-20)31-23(32-27)16-33(2)22(14-25(35)36-3)19-9-5-4-6-10-19/h4-13,15,17,22H,14,16H2,1-3H3,(H,31,32)/t22-/m1/s1. The maximum Gasteiger partial charge on any atom is 0.307 e. The first-order valence-corrected chi connectivity index (χ1v) is 11.7. The summed E-state index contributed by atoms with van der Waals surface area (Å²) in [5, 5.41) is 4.27. The van der Waals surface area contributed by atoms with E-state index >= 15 is 0 Å². The number of aromatic nitrogens is 6. The van der Waals surface area contributed by atoms with Gasteiger partial charge >= 0.3 is 5.97 Å². The number of hydrogen-bond acceptors (Lipinski definition) is 7. The molecule has 4 heterocycles. The number of imidazole rings is 1. The van der Waals surface area contributed by atoms with Gasteiger partial charge in [0.05, 0.1) is 37.2 Å². The lowest BCUT2D eigenvalue weighted by atomic mass is 10.0. The molecule has 0 fully saturated rings. The fourth-order valence-electron chi connectivity index (χ4n) is 4.32. The van der Waals surface area contributed by atoms with Gasteiger partial charge in [-0.15, -0.1) is 0 Å². The van der Waals surface area contributed by atoms with Crippen molar-refractivity contribution in [3.63, 3.8) is 0 Å². The van der Waals surface area contributed by atoms with Crippen LogP contribution in [0.1, 0.15) is 29.5 Å². The highest BCUT2D eigenvalue weighted by Gasteiger charge is 2.23. The van der Waals surface area contributed by atoms with E-state index in [4.69, 9.17) is 14.7 Å². The summed E-state index contributed by atoms with van der Waals surface area (Å²) in [6.45, 7) is 2.45. The van der Waals surface area contributed by atoms with Gasteiger partial charge in [0.1, 0.15) is 12.2 Å². The van der Waals surface area contributed by atoms with Crippen molar-refractivity contribution in [3.8, 4) is 22.6 Å². The van der Waals surface area contributed by atoms with Crippen molar-refractivity contribution in [2.75, 3.05) is 14.2 Å². The minimum Gasteiger partial charge on any atom is -0.469 e. The minimum atomic E-state index is -0.262. The van der Waals surface area contributed by atoms with Gasteiger partial charge in [0.2, 0.25) is 0 Å². The number of pyridine rings is 2. The summed E-state index contributed by atoms with van der Waals surface area (Å²) in [6.07, 6.45) is 3.67. The summed E-state index contributed by atoms with van der Waals surface area (Å²) in [6, 6.07) is 19.6. The Morgan fingerprint density at radius 3 is 2.69 bits per heavy atom. The van der Waals surface area contributed by atoms with E-state index in [0.29, 0.717) is 6.54 Å². The number of H-pyrrole nitrogens is 1. The van der Waals surface area contributed by atoms with Gasteiger partial charge < -0.3 is 9.72 Å². The molecule has 0 bridgehead atoms. The highest BCUT2D eigenvalue weighted by Crippen LogP contribution is 2.31. The predicted octanol–water partition coefficient (Wildman–Crippen LogP) is 4.23. The molecule has 0 saturated heterocycles. The second-order valence-corrected chi connectivity index (χ2v) is 8.67. The van der Waals surface area contributed by atoms with Crippen LogP contribution in [-0.4, -0.2) is 54.6 Å². The molecule has 0 saturated carbocycles. The number of esters is 1. The molecule has 4 aromatic heterocycles. The average Bonchev–Trinajstić information content (AvgIpc) is 3.54. The molecule has 9 nitrogen and oxygen atoms in total. The van der Waals surface area contributed by atoms with E-state index in [-0.39, 0.29) is 18.4 Å². The monoisotopic (exact) mass is 481 g/mol. The number of ether oxygens (including phenoxy) is 1. The van der Waals surface area contributed by atoms with E-state index in [1.165, 1.54) is 13.4 Å². The number of hydrogen-bond donors (Lipinski definition) is 1. The SMILES string of the molecule is COC(=O)C[C@H](c1ccccc1)N(C)Cc1nc(-c2ccc3ncnn3c2)c(-c2cccc(C)n2)[nH]1. The Morgan fingerprint density at radius 1 is 1.08 bits per heavy atom. The lowest BCUT2D eigenvalue weighted by Crippen LogP contribution is -2.27. The third-order valence-electron chi connectivity index (χ3n) is 6.15. The second-order valence-electron chi connectivity index (χ2n) is 8.67. The largest absolute Gasteiger partial charge is 0.469 e. The van der Waals surface area contributed by atoms with Crippen LogP contribution in [0.5, 0.6) is 0 Å². The Morgan fingerprint density at radius 2 is 1.92 bits per heavy atom. The maximum atomic E-state index is 12.2. The number of nitrogens with zero attached hydrogens (tertiary/aromatic N) is 6. The molecule has 1 aromatic carbocycles. The molecule has 0 spiro atoms. The Balaban J connectivity index is 1.53. The lowest BCUT2D eigenvalue weighted by Gasteiger charge is -2.27. The molecular formula is C27H27N7O2. The number of methoxy groups -OCH3 is 1. The molecule has 1 N–H and O–H groups in total. The summed E-state index contributed by atoms with van der Waals surface area (Å²) >= 11 is 0. The highest BCUT2D eigenvalue weighted by atomic mass is 16.5. The Bertz CT molecular complexity index is 1490. The van der Waals surface area contributed by atoms with E-state index in [2.05, 4.69) is 20.0 Å². The molecule has 9 heteroatoms. The Labute approximate surface area is 208 Å². The van der Waals surface area contributed by atoms with Crippen LogP contribution in [0.2, 0.25) is 0 Å². The topological polar surface area (TPSA) is 101 Å². The van der Waals surface area contributed by atoms with Crippen molar-refractivity contribution < 1.29 is 9.53 Å². The molecule has 5 aromatic rings. The first kappa shape index (κ1) is 23.4. The van der Waals surface area contributed by atoms with Gasteiger partial charge in [-0.2, -0.15) is 5.10 Å². The first-order valence-electron chi connectivity index (χ1n) is 11.7. The van der Waals surface area contributed by atoms with Crippen molar-refractivity contribution in [3.05, 3.63) is 90.3 Å². The molecule has 36 heavy (non-hydrogen) atoms. The summed E-state index contributed by atoms with van der Waals surface area (Å²) in [4.78, 5) is 31.7. The molecule has 5 rings (SSSR count). The second kappa shape index (κ2) is 10.1. The van der Waals surface area contributed by atoms with Gasteiger partial charge in [0.25, 0.3) is 0 Å². The number of carbonyl (C=O) groups is 1. The maximum absolute atomic E-state index is 12.2. The van der Waals surface area contributed by atoms with Crippen molar-refractivity contribution >= 4 is 11.6 Å². The summed E-state index contributed by atoms with van der Waals surface area (Å²) in [7, 11) is 3.39. The molecular weight excluding hydrogens is 454 g/mol. The molecule has 0 radical (unpaired) electrons. The summed E-state index contributed by atoms with van der Waals surface area (Å²) in [5.74, 6) is 0.497. The zero-order valence-corrected chi connectivity index (χ0v) is 20.4. The van der Waals surface area contributed by atoms with Gasteiger partial charge in [-0.1, -0.05) is 36.4 Å². The van der Waals surface area contributed by atoms with Crippen molar-refractivity contribution in [1.29, 1.82) is 0 Å². The predicted molar refractivity (Wildman–Crippen MR) is 136 cm³/mol. The molecule has 1 atom stereocenters. The minimum absolute atomic E-state index is 0.167. The number of benzene rings is 1. The van der Waals surface area contributed by atoms with Crippen LogP contribution in [0.4, 0.5) is 0 Å². The van der Waals surface area contributed by atoms with E-state index in [9.17, 15) is 4.79 Å². The van der Waals surface area contributed by atoms with Crippen LogP contribution < -0.4 is 0 Å². The molecule has 0 aliphatic carbocycles. The Hall–Kier alpha value is -4.37. The molecule has 182 valence electrons. The van der Waals surface area contributed by atoms with Gasteiger partial charge in [0.15, 0.2) is 5.65 Å². The zero-order valence-electron chi connectivity index (χ0n) is 20.4. The zero-order chi connectivity index (χ0) is 25.1. The number of fused-ring (bicyclic) bond motifs is 1. The fourth-order valence-corrected chi connectivity index (χ4v) is 4.32. The summed E-state index contributed by atoms with van der Waals surface area (Å²) < 4.78 is 6.70. The van der Waals surface area contributed by atoms with Gasteiger partial charge in [-0.25, -0.2) is 14.5 Å². The van der Waals surface area contributed by atoms with Crippen molar-refractivity contribution in [1.82, 2.24) is 34.4 Å². The number of rotatable bonds is 8. The van der Waals surface area contributed by atoms with Crippen LogP contribution in [-0.2, 0) is 16.1 Å². The fraction of sp³-hybridized carbons (Fsp3) is 0.222. The van der Waals surface area contributed by atoms with Gasteiger partial charge in [-0.05, 0) is 43.8 Å². The van der Waals surface area contributed by atoms with E-state index in [1.54, 1.807) is 4.52 Å². The first-order chi connectivity index (χ1) is 17.5. The van der Waals surface area contributed by atoms with Crippen LogP contribution in [0, 0.1) is 6.92 Å². The third-order valence-corrected chi connectivity index (χ3v) is 6.15. The number of aromatic amines is 1. The van der Waals surface area contributed by atoms with E-state index < -0.39 is 0 Å². The number of carbonyl (C=O) groups excluding carboxylic acids is 1. The average molecular weight is 482 g/mol. The van der Waals surface area contributed by atoms with Gasteiger partial charge in [0, 0.05) is 23.5 Å². The molecule has 0 aliphatic heterocycles. The molecule has 0 aliphatic rings. The normalized spacial score (nSPS) is 12.2. The van der Waals surface area contributed by atoms with Crippen molar-refractivity contribution in [2.24, 2.45) is 0 Å². The summed E-state index contributed by atoms with van der Waals surface area (Å²) in [5.41, 5.74) is 6.02. The quantitative estimate of drug-likeness (QED) is 0.331.